The third-order valence-electron chi connectivity index (χ3n) is 9.61. The molecule has 1 aliphatic carbocycles. The van der Waals surface area contributed by atoms with Crippen LogP contribution in [0, 0.1) is 11.6 Å². The molecule has 3 N–H and O–H groups in total. The van der Waals surface area contributed by atoms with Crippen LogP contribution >= 0.6 is 0 Å². The number of fused-ring (bicyclic) bond motifs is 3. The van der Waals surface area contributed by atoms with Gasteiger partial charge in [-0.15, -0.1) is 0 Å². The third-order valence-corrected chi connectivity index (χ3v) is 9.61. The monoisotopic (exact) mass is 744 g/mol. The van der Waals surface area contributed by atoms with E-state index in [1.54, 1.807) is 36.4 Å². The van der Waals surface area contributed by atoms with E-state index < -0.39 is 11.6 Å². The number of hydrogen-bond acceptors (Lipinski definition) is 7. The summed E-state index contributed by atoms with van der Waals surface area (Å²) in [6.07, 6.45) is 0.821. The number of carbonyl (C=O) groups excluding carboxylic acids is 1. The topological polar surface area (TPSA) is 110 Å². The van der Waals surface area contributed by atoms with Crippen LogP contribution < -0.4 is 20.5 Å². The van der Waals surface area contributed by atoms with Crippen molar-refractivity contribution < 1.29 is 32.5 Å². The summed E-state index contributed by atoms with van der Waals surface area (Å²) < 4.78 is 55.5. The molecule has 55 heavy (non-hydrogen) atoms. The number of nitrogens with zero attached hydrogens (tertiary/aromatic N) is 2. The molecule has 0 atom stereocenters. The predicted octanol–water partition coefficient (Wildman–Crippen LogP) is 7.52. The highest BCUT2D eigenvalue weighted by atomic mass is 19.1. The molecule has 1 aromatic heterocycles. The highest BCUT2D eigenvalue weighted by molar-refractivity contribution is 5.94. The van der Waals surface area contributed by atoms with Crippen LogP contribution in [0.4, 0.5) is 8.78 Å². The zero-order valence-electron chi connectivity index (χ0n) is 30.7. The highest BCUT2D eigenvalue weighted by Gasteiger charge is 2.27. The number of aromatic nitrogens is 2. The Hall–Kier alpha value is -5.88. The van der Waals surface area contributed by atoms with Crippen LogP contribution in [0.15, 0.2) is 103 Å². The van der Waals surface area contributed by atoms with E-state index in [-0.39, 0.29) is 29.3 Å². The first-order valence-corrected chi connectivity index (χ1v) is 18.1. The number of nitrogens with one attached hydrogen (secondary N) is 1. The van der Waals surface area contributed by atoms with Gasteiger partial charge in [0.15, 0.2) is 0 Å². The number of methoxy groups -OCH3 is 2. The fourth-order valence-corrected chi connectivity index (χ4v) is 6.87. The van der Waals surface area contributed by atoms with Crippen LogP contribution in [0.2, 0.25) is 0 Å². The first kappa shape index (κ1) is 37.4. The standard InChI is InChI=1S/C44H42F2N4O5/c1-52-33-13-15-36(39(45)25-33)41-42(37-16-14-34(53-2)26-40(37)46)50(43(49-41)32-12-11-31-23-30-5-3-4-6-35(30)38(31)24-32)27-28-7-9-29(10-8-28)44(51)48-18-20-55-22-21-54-19-17-47/h3-16,24-26H,17-23,27,47H2,1-2H3,(H,48,51). The Kier molecular flexibility index (Phi) is 11.6. The fourth-order valence-electron chi connectivity index (χ4n) is 6.87. The number of hydrogen-bond donors (Lipinski definition) is 2. The number of amides is 1. The van der Waals surface area contributed by atoms with Crippen LogP contribution in [0.3, 0.4) is 0 Å². The summed E-state index contributed by atoms with van der Waals surface area (Å²) in [7, 11) is 2.94. The summed E-state index contributed by atoms with van der Waals surface area (Å²) in [4.78, 5) is 18.1. The lowest BCUT2D eigenvalue weighted by atomic mass is 10.0. The van der Waals surface area contributed by atoms with Crippen LogP contribution in [0.1, 0.15) is 27.0 Å². The van der Waals surface area contributed by atoms with Gasteiger partial charge in [-0.1, -0.05) is 48.5 Å². The molecule has 1 aliphatic rings. The van der Waals surface area contributed by atoms with Gasteiger partial charge in [-0.05, 0) is 76.7 Å². The Labute approximate surface area is 318 Å². The summed E-state index contributed by atoms with van der Waals surface area (Å²) in [5.41, 5.74) is 13.2. The maximum atomic E-state index is 16.2. The maximum Gasteiger partial charge on any atom is 0.251 e. The van der Waals surface area contributed by atoms with Crippen LogP contribution in [0.5, 0.6) is 11.5 Å². The number of carbonyl (C=O) groups is 1. The van der Waals surface area contributed by atoms with Gasteiger partial charge in [0.05, 0.1) is 46.3 Å². The molecule has 9 nitrogen and oxygen atoms in total. The molecule has 0 aliphatic heterocycles. The summed E-state index contributed by atoms with van der Waals surface area (Å²) in [6, 6.07) is 30.9. The van der Waals surface area contributed by atoms with Crippen molar-refractivity contribution in [2.45, 2.75) is 13.0 Å². The lowest BCUT2D eigenvalue weighted by molar-refractivity contribution is 0.0511. The lowest BCUT2D eigenvalue weighted by Gasteiger charge is -2.16. The van der Waals surface area contributed by atoms with Crippen LogP contribution in [-0.2, 0) is 22.4 Å². The van der Waals surface area contributed by atoms with Crippen molar-refractivity contribution in [3.05, 3.63) is 137 Å². The molecule has 1 amide bonds. The van der Waals surface area contributed by atoms with Crippen LogP contribution in [0.25, 0.3) is 45.0 Å². The van der Waals surface area contributed by atoms with Gasteiger partial charge in [-0.3, -0.25) is 4.79 Å². The largest absolute Gasteiger partial charge is 0.497 e. The summed E-state index contributed by atoms with van der Waals surface area (Å²) in [5, 5.41) is 2.87. The van der Waals surface area contributed by atoms with Gasteiger partial charge < -0.3 is 34.6 Å². The Morgan fingerprint density at radius 2 is 1.42 bits per heavy atom. The fraction of sp³-hybridized carbons (Fsp3) is 0.227. The molecule has 282 valence electrons. The summed E-state index contributed by atoms with van der Waals surface area (Å²) >= 11 is 0. The first-order valence-electron chi connectivity index (χ1n) is 18.1. The molecule has 1 heterocycles. The van der Waals surface area contributed by atoms with E-state index in [9.17, 15) is 4.79 Å². The second-order valence-corrected chi connectivity index (χ2v) is 13.1. The van der Waals surface area contributed by atoms with Crippen molar-refractivity contribution in [3.8, 4) is 56.5 Å². The van der Waals surface area contributed by atoms with E-state index in [4.69, 9.17) is 29.7 Å². The van der Waals surface area contributed by atoms with E-state index in [2.05, 4.69) is 29.6 Å². The minimum atomic E-state index is -0.561. The molecule has 0 radical (unpaired) electrons. The number of rotatable bonds is 16. The summed E-state index contributed by atoms with van der Waals surface area (Å²) in [5.74, 6) is -0.134. The van der Waals surface area contributed by atoms with Gasteiger partial charge in [-0.25, -0.2) is 13.8 Å². The van der Waals surface area contributed by atoms with E-state index in [0.29, 0.717) is 68.1 Å². The lowest BCUT2D eigenvalue weighted by Crippen LogP contribution is -2.27. The Morgan fingerprint density at radius 1 is 0.745 bits per heavy atom. The Morgan fingerprint density at radius 3 is 2.11 bits per heavy atom. The maximum absolute atomic E-state index is 16.2. The average molecular weight is 745 g/mol. The quantitative estimate of drug-likeness (QED) is 0.0986. The predicted molar refractivity (Wildman–Crippen MR) is 208 cm³/mol. The van der Waals surface area contributed by atoms with E-state index in [1.165, 1.54) is 37.5 Å². The van der Waals surface area contributed by atoms with Gasteiger partial charge in [-0.2, -0.15) is 0 Å². The number of benzene rings is 5. The third kappa shape index (κ3) is 8.14. The number of imidazole rings is 1. The molecule has 0 unspecified atom stereocenters. The summed E-state index contributed by atoms with van der Waals surface area (Å²) in [6.45, 7) is 2.69. The molecule has 0 saturated carbocycles. The molecular weight excluding hydrogens is 703 g/mol. The molecule has 11 heteroatoms. The molecular formula is C44H42F2N4O5. The smallest absolute Gasteiger partial charge is 0.251 e. The second-order valence-electron chi connectivity index (χ2n) is 13.1. The Bertz CT molecular complexity index is 2310. The van der Waals surface area contributed by atoms with Crippen molar-refractivity contribution in [3.63, 3.8) is 0 Å². The van der Waals surface area contributed by atoms with E-state index in [0.717, 1.165) is 28.7 Å². The molecule has 0 saturated heterocycles. The second kappa shape index (κ2) is 17.1. The molecule has 0 fully saturated rings. The van der Waals surface area contributed by atoms with Crippen molar-refractivity contribution >= 4 is 5.91 Å². The van der Waals surface area contributed by atoms with Gasteiger partial charge in [0.2, 0.25) is 0 Å². The van der Waals surface area contributed by atoms with Crippen molar-refractivity contribution in [2.24, 2.45) is 5.73 Å². The molecule has 7 rings (SSSR count). The van der Waals surface area contributed by atoms with E-state index >= 15 is 8.78 Å². The Balaban J connectivity index is 1.28. The highest BCUT2D eigenvalue weighted by Crippen LogP contribution is 2.43. The number of halogens is 2. The number of nitrogens with two attached hydrogens (primary N) is 1. The van der Waals surface area contributed by atoms with Crippen LogP contribution in [-0.4, -0.2) is 69.2 Å². The van der Waals surface area contributed by atoms with Gasteiger partial charge >= 0.3 is 0 Å². The van der Waals surface area contributed by atoms with Gasteiger partial charge in [0.1, 0.15) is 34.7 Å². The van der Waals surface area contributed by atoms with Gasteiger partial charge in [0, 0.05) is 54.0 Å². The van der Waals surface area contributed by atoms with Crippen molar-refractivity contribution in [1.29, 1.82) is 0 Å². The number of ether oxygens (including phenoxy) is 4. The minimum absolute atomic E-state index is 0.191. The molecule has 0 bridgehead atoms. The van der Waals surface area contributed by atoms with Crippen molar-refractivity contribution in [2.75, 3.05) is 53.7 Å². The normalized spacial score (nSPS) is 11.7. The average Bonchev–Trinajstić information content (AvgIpc) is 3.76. The minimum Gasteiger partial charge on any atom is -0.497 e. The van der Waals surface area contributed by atoms with Crippen molar-refractivity contribution in [1.82, 2.24) is 14.9 Å². The molecule has 6 aromatic rings. The zero-order valence-corrected chi connectivity index (χ0v) is 30.7. The molecule has 5 aromatic carbocycles. The SMILES string of the molecule is COc1ccc(-c2nc(-c3ccc4c(c3)-c3ccccc3C4)n(Cc3ccc(C(=O)NCCOCCOCCN)cc3)c2-c2ccc(OC)cc2F)c(F)c1. The zero-order chi connectivity index (χ0) is 38.3. The molecule has 0 spiro atoms. The van der Waals surface area contributed by atoms with E-state index in [1.807, 2.05) is 34.9 Å². The van der Waals surface area contributed by atoms with Gasteiger partial charge in [0.25, 0.3) is 5.91 Å². The first-order chi connectivity index (χ1) is 26.9.